The second-order valence-corrected chi connectivity index (χ2v) is 5.13. The molecule has 0 bridgehead atoms. The average molecular weight is 220 g/mol. The highest BCUT2D eigenvalue weighted by Gasteiger charge is 1.99. The zero-order chi connectivity index (χ0) is 12.0. The molecule has 0 aliphatic rings. The number of hydrogen-bond donors (Lipinski definition) is 0. The van der Waals surface area contributed by atoms with Gasteiger partial charge in [0.05, 0.1) is 6.61 Å². The fourth-order valence-corrected chi connectivity index (χ4v) is 1.51. The Kier molecular flexibility index (Phi) is 5.54. The van der Waals surface area contributed by atoms with Crippen LogP contribution in [0.4, 0.5) is 0 Å². The lowest BCUT2D eigenvalue weighted by Crippen LogP contribution is -1.99. The predicted octanol–water partition coefficient (Wildman–Crippen LogP) is 4.37. The largest absolute Gasteiger partial charge is 0.377 e. The van der Waals surface area contributed by atoms with Gasteiger partial charge in [0, 0.05) is 6.61 Å². The van der Waals surface area contributed by atoms with Gasteiger partial charge in [0.25, 0.3) is 0 Å². The van der Waals surface area contributed by atoms with Crippen LogP contribution < -0.4 is 0 Å². The van der Waals surface area contributed by atoms with E-state index < -0.39 is 0 Å². The van der Waals surface area contributed by atoms with Crippen LogP contribution in [0.1, 0.15) is 51.2 Å². The Morgan fingerprint density at radius 1 is 1.00 bits per heavy atom. The van der Waals surface area contributed by atoms with Crippen LogP contribution in [0.3, 0.4) is 0 Å². The Bertz CT molecular complexity index is 285. The molecule has 1 aromatic carbocycles. The fraction of sp³-hybridized carbons (Fsp3) is 0.600. The average Bonchev–Trinajstić information content (AvgIpc) is 2.25. The molecule has 0 aromatic heterocycles. The van der Waals surface area contributed by atoms with Crippen molar-refractivity contribution in [3.63, 3.8) is 0 Å². The van der Waals surface area contributed by atoms with Crippen molar-refractivity contribution < 1.29 is 4.74 Å². The minimum Gasteiger partial charge on any atom is -0.377 e. The van der Waals surface area contributed by atoms with Gasteiger partial charge in [0.15, 0.2) is 0 Å². The van der Waals surface area contributed by atoms with Crippen molar-refractivity contribution in [3.05, 3.63) is 35.4 Å². The van der Waals surface area contributed by atoms with E-state index in [1.165, 1.54) is 11.1 Å². The molecule has 16 heavy (non-hydrogen) atoms. The van der Waals surface area contributed by atoms with Crippen LogP contribution in [0, 0.1) is 5.92 Å². The highest BCUT2D eigenvalue weighted by Crippen LogP contribution is 2.15. The van der Waals surface area contributed by atoms with E-state index in [1.54, 1.807) is 0 Å². The highest BCUT2D eigenvalue weighted by atomic mass is 16.5. The Hall–Kier alpha value is -0.820. The maximum Gasteiger partial charge on any atom is 0.0716 e. The molecule has 0 fully saturated rings. The lowest BCUT2D eigenvalue weighted by molar-refractivity contribution is 0.110. The van der Waals surface area contributed by atoms with Gasteiger partial charge < -0.3 is 4.74 Å². The van der Waals surface area contributed by atoms with Gasteiger partial charge >= 0.3 is 0 Å². The first-order valence-electron chi connectivity index (χ1n) is 6.26. The molecule has 0 N–H and O–H groups in total. The summed E-state index contributed by atoms with van der Waals surface area (Å²) in [5.74, 6) is 1.33. The smallest absolute Gasteiger partial charge is 0.0716 e. The molecule has 1 nitrogen and oxygen atoms in total. The molecule has 0 saturated carbocycles. The third-order valence-electron chi connectivity index (χ3n) is 2.75. The Morgan fingerprint density at radius 2 is 1.62 bits per heavy atom. The molecule has 1 heteroatoms. The zero-order valence-electron chi connectivity index (χ0n) is 11.0. The van der Waals surface area contributed by atoms with Crippen LogP contribution in [0.25, 0.3) is 0 Å². The van der Waals surface area contributed by atoms with Crippen molar-refractivity contribution in [2.24, 2.45) is 5.92 Å². The lowest BCUT2D eigenvalue weighted by Gasteiger charge is -2.08. The molecule has 0 atom stereocenters. The summed E-state index contributed by atoms with van der Waals surface area (Å²) in [6.45, 7) is 10.5. The first-order chi connectivity index (χ1) is 7.59. The first kappa shape index (κ1) is 13.2. The third kappa shape index (κ3) is 4.80. The lowest BCUT2D eigenvalue weighted by atomic mass is 10.0. The fourth-order valence-electron chi connectivity index (χ4n) is 1.51. The summed E-state index contributed by atoms with van der Waals surface area (Å²) in [6, 6.07) is 8.74. The van der Waals surface area contributed by atoms with E-state index in [2.05, 4.69) is 52.0 Å². The summed E-state index contributed by atoms with van der Waals surface area (Å²) >= 11 is 0. The summed E-state index contributed by atoms with van der Waals surface area (Å²) in [5.41, 5.74) is 2.67. The molecule has 0 aliphatic carbocycles. The molecular formula is C15H24O. The molecule has 0 aliphatic heterocycles. The third-order valence-corrected chi connectivity index (χ3v) is 2.75. The van der Waals surface area contributed by atoms with Gasteiger partial charge in [-0.1, -0.05) is 52.0 Å². The standard InChI is InChI=1S/C15H24O/c1-12(2)9-10-16-11-14-5-7-15(8-6-14)13(3)4/h5-8,12-13H,9-11H2,1-4H3. The Morgan fingerprint density at radius 3 is 2.12 bits per heavy atom. The molecule has 90 valence electrons. The van der Waals surface area contributed by atoms with Gasteiger partial charge in [0.2, 0.25) is 0 Å². The van der Waals surface area contributed by atoms with E-state index >= 15 is 0 Å². The molecule has 0 radical (unpaired) electrons. The van der Waals surface area contributed by atoms with Crippen LogP contribution in [0.2, 0.25) is 0 Å². The minimum atomic E-state index is 0.607. The van der Waals surface area contributed by atoms with E-state index in [-0.39, 0.29) is 0 Å². The van der Waals surface area contributed by atoms with Gasteiger partial charge in [-0.05, 0) is 29.4 Å². The van der Waals surface area contributed by atoms with Crippen molar-refractivity contribution in [2.45, 2.75) is 46.6 Å². The Labute approximate surface area is 99.8 Å². The molecular weight excluding hydrogens is 196 g/mol. The molecule has 0 saturated heterocycles. The monoisotopic (exact) mass is 220 g/mol. The zero-order valence-corrected chi connectivity index (χ0v) is 11.0. The van der Waals surface area contributed by atoms with Gasteiger partial charge in [0.1, 0.15) is 0 Å². The van der Waals surface area contributed by atoms with E-state index in [0.29, 0.717) is 5.92 Å². The van der Waals surface area contributed by atoms with Crippen LogP contribution in [-0.4, -0.2) is 6.61 Å². The van der Waals surface area contributed by atoms with Gasteiger partial charge in [-0.25, -0.2) is 0 Å². The van der Waals surface area contributed by atoms with Crippen molar-refractivity contribution in [2.75, 3.05) is 6.61 Å². The second kappa shape index (κ2) is 6.70. The van der Waals surface area contributed by atoms with E-state index in [0.717, 1.165) is 25.6 Å². The van der Waals surface area contributed by atoms with Crippen molar-refractivity contribution in [3.8, 4) is 0 Å². The molecule has 0 unspecified atom stereocenters. The summed E-state index contributed by atoms with van der Waals surface area (Å²) in [6.07, 6.45) is 1.14. The van der Waals surface area contributed by atoms with E-state index in [9.17, 15) is 0 Å². The number of rotatable bonds is 6. The summed E-state index contributed by atoms with van der Waals surface area (Å²) < 4.78 is 5.63. The number of benzene rings is 1. The molecule has 0 amide bonds. The normalized spacial score (nSPS) is 11.4. The quantitative estimate of drug-likeness (QED) is 0.647. The SMILES string of the molecule is CC(C)CCOCc1ccc(C(C)C)cc1. The summed E-state index contributed by atoms with van der Waals surface area (Å²) in [7, 11) is 0. The second-order valence-electron chi connectivity index (χ2n) is 5.13. The predicted molar refractivity (Wildman–Crippen MR) is 69.6 cm³/mol. The van der Waals surface area contributed by atoms with Crippen LogP contribution in [0.15, 0.2) is 24.3 Å². The highest BCUT2D eigenvalue weighted by molar-refractivity contribution is 5.24. The van der Waals surface area contributed by atoms with E-state index in [4.69, 9.17) is 4.74 Å². The Balaban J connectivity index is 2.32. The van der Waals surface area contributed by atoms with Crippen molar-refractivity contribution in [1.82, 2.24) is 0 Å². The molecule has 1 aromatic rings. The van der Waals surface area contributed by atoms with Crippen molar-refractivity contribution in [1.29, 1.82) is 0 Å². The molecule has 0 spiro atoms. The van der Waals surface area contributed by atoms with Crippen LogP contribution in [0.5, 0.6) is 0 Å². The maximum atomic E-state index is 5.63. The topological polar surface area (TPSA) is 9.23 Å². The summed E-state index contributed by atoms with van der Waals surface area (Å²) in [4.78, 5) is 0. The number of ether oxygens (including phenoxy) is 1. The molecule has 0 heterocycles. The van der Waals surface area contributed by atoms with Crippen LogP contribution >= 0.6 is 0 Å². The van der Waals surface area contributed by atoms with Crippen LogP contribution in [-0.2, 0) is 11.3 Å². The number of hydrogen-bond acceptors (Lipinski definition) is 1. The first-order valence-corrected chi connectivity index (χ1v) is 6.26. The van der Waals surface area contributed by atoms with Crippen molar-refractivity contribution >= 4 is 0 Å². The molecule has 1 rings (SSSR count). The maximum absolute atomic E-state index is 5.63. The minimum absolute atomic E-state index is 0.607. The van der Waals surface area contributed by atoms with Gasteiger partial charge in [-0.2, -0.15) is 0 Å². The van der Waals surface area contributed by atoms with E-state index in [1.807, 2.05) is 0 Å². The van der Waals surface area contributed by atoms with Gasteiger partial charge in [-0.3, -0.25) is 0 Å². The summed E-state index contributed by atoms with van der Waals surface area (Å²) in [5, 5.41) is 0. The van der Waals surface area contributed by atoms with Gasteiger partial charge in [-0.15, -0.1) is 0 Å².